The van der Waals surface area contributed by atoms with Crippen LogP contribution in [0.1, 0.15) is 52.4 Å². The van der Waals surface area contributed by atoms with Crippen LogP contribution in [0.2, 0.25) is 0 Å². The predicted octanol–water partition coefficient (Wildman–Crippen LogP) is 2.95. The highest BCUT2D eigenvalue weighted by Crippen LogP contribution is 2.22. The Kier molecular flexibility index (Phi) is 4.67. The lowest BCUT2D eigenvalue weighted by atomic mass is 9.87. The van der Waals surface area contributed by atoms with E-state index in [9.17, 15) is 0 Å². The van der Waals surface area contributed by atoms with Gasteiger partial charge < -0.3 is 5.32 Å². The van der Waals surface area contributed by atoms with Crippen LogP contribution in [0.15, 0.2) is 0 Å². The summed E-state index contributed by atoms with van der Waals surface area (Å²) < 4.78 is 0. The highest BCUT2D eigenvalue weighted by atomic mass is 14.9. The van der Waals surface area contributed by atoms with Crippen molar-refractivity contribution in [2.75, 3.05) is 6.54 Å². The van der Waals surface area contributed by atoms with Crippen LogP contribution in [0.5, 0.6) is 0 Å². The van der Waals surface area contributed by atoms with E-state index in [0.717, 1.165) is 12.0 Å². The van der Waals surface area contributed by atoms with Crippen molar-refractivity contribution >= 4 is 0 Å². The molecule has 2 unspecified atom stereocenters. The first kappa shape index (κ1) is 10.0. The third kappa shape index (κ3) is 3.14. The Balaban J connectivity index is 2.20. The Hall–Kier alpha value is -0.0400. The summed E-state index contributed by atoms with van der Waals surface area (Å²) in [7, 11) is 0. The van der Waals surface area contributed by atoms with Crippen LogP contribution in [-0.4, -0.2) is 12.6 Å². The highest BCUT2D eigenvalue weighted by Gasteiger charge is 2.19. The van der Waals surface area contributed by atoms with Crippen molar-refractivity contribution in [3.63, 3.8) is 0 Å². The van der Waals surface area contributed by atoms with Crippen molar-refractivity contribution in [3.8, 4) is 0 Å². The van der Waals surface area contributed by atoms with Gasteiger partial charge in [0.1, 0.15) is 0 Å². The first-order valence-corrected chi connectivity index (χ1v) is 5.60. The number of hydrogen-bond donors (Lipinski definition) is 1. The van der Waals surface area contributed by atoms with E-state index >= 15 is 0 Å². The molecular weight excluding hydrogens is 146 g/mol. The van der Waals surface area contributed by atoms with Crippen molar-refractivity contribution in [1.29, 1.82) is 0 Å². The molecular formula is C11H23N. The summed E-state index contributed by atoms with van der Waals surface area (Å²) in [4.78, 5) is 0. The largest absolute Gasteiger partial charge is 0.314 e. The molecule has 1 rings (SSSR count). The van der Waals surface area contributed by atoms with Crippen LogP contribution in [0.3, 0.4) is 0 Å². The standard InChI is InChI=1S/C11H23N/c1-3-5-10-7-8-12-11(9-10)6-4-2/h10-12H,3-9H2,1-2H3. The molecule has 1 aliphatic rings. The van der Waals surface area contributed by atoms with Gasteiger partial charge in [-0.05, 0) is 31.7 Å². The molecule has 0 radical (unpaired) electrons. The van der Waals surface area contributed by atoms with Gasteiger partial charge in [-0.25, -0.2) is 0 Å². The molecule has 2 atom stereocenters. The maximum atomic E-state index is 3.61. The average molecular weight is 169 g/mol. The molecule has 1 saturated heterocycles. The second kappa shape index (κ2) is 5.58. The van der Waals surface area contributed by atoms with Gasteiger partial charge in [0.15, 0.2) is 0 Å². The Labute approximate surface area is 76.9 Å². The lowest BCUT2D eigenvalue weighted by Gasteiger charge is -2.30. The molecule has 1 aliphatic heterocycles. The maximum absolute atomic E-state index is 3.61. The van der Waals surface area contributed by atoms with Gasteiger partial charge in [-0.15, -0.1) is 0 Å². The quantitative estimate of drug-likeness (QED) is 0.682. The van der Waals surface area contributed by atoms with Crippen LogP contribution < -0.4 is 5.32 Å². The molecule has 0 aliphatic carbocycles. The molecule has 72 valence electrons. The normalized spacial score (nSPS) is 30.5. The molecule has 1 N–H and O–H groups in total. The highest BCUT2D eigenvalue weighted by molar-refractivity contribution is 4.77. The Bertz CT molecular complexity index is 95.6. The summed E-state index contributed by atoms with van der Waals surface area (Å²) in [5.74, 6) is 1.02. The van der Waals surface area contributed by atoms with Crippen LogP contribution in [-0.2, 0) is 0 Å². The topological polar surface area (TPSA) is 12.0 Å². The zero-order chi connectivity index (χ0) is 8.81. The van der Waals surface area contributed by atoms with Gasteiger partial charge in [0.25, 0.3) is 0 Å². The zero-order valence-corrected chi connectivity index (χ0v) is 8.60. The molecule has 1 nitrogen and oxygen atoms in total. The molecule has 0 amide bonds. The SMILES string of the molecule is CCCC1CCNC(CCC)C1. The molecule has 0 bridgehead atoms. The lowest BCUT2D eigenvalue weighted by molar-refractivity contribution is 0.276. The van der Waals surface area contributed by atoms with Gasteiger partial charge in [-0.1, -0.05) is 33.1 Å². The third-order valence-electron chi connectivity index (χ3n) is 2.94. The maximum Gasteiger partial charge on any atom is 0.00696 e. The van der Waals surface area contributed by atoms with Crippen LogP contribution in [0.4, 0.5) is 0 Å². The fraction of sp³-hybridized carbons (Fsp3) is 1.00. The van der Waals surface area contributed by atoms with Crippen molar-refractivity contribution in [1.82, 2.24) is 5.32 Å². The van der Waals surface area contributed by atoms with Crippen molar-refractivity contribution in [2.45, 2.75) is 58.4 Å². The van der Waals surface area contributed by atoms with Crippen molar-refractivity contribution < 1.29 is 0 Å². The van der Waals surface area contributed by atoms with Crippen LogP contribution in [0, 0.1) is 5.92 Å². The first-order valence-electron chi connectivity index (χ1n) is 5.60. The zero-order valence-electron chi connectivity index (χ0n) is 8.60. The smallest absolute Gasteiger partial charge is 0.00696 e. The summed E-state index contributed by atoms with van der Waals surface area (Å²) in [6.45, 7) is 5.84. The average Bonchev–Trinajstić information content (AvgIpc) is 2.06. The van der Waals surface area contributed by atoms with Gasteiger partial charge in [-0.3, -0.25) is 0 Å². The van der Waals surface area contributed by atoms with E-state index in [1.807, 2.05) is 0 Å². The number of piperidine rings is 1. The second-order valence-corrected chi connectivity index (χ2v) is 4.12. The lowest BCUT2D eigenvalue weighted by Crippen LogP contribution is -2.37. The Morgan fingerprint density at radius 2 is 1.92 bits per heavy atom. The summed E-state index contributed by atoms with van der Waals surface area (Å²) in [6.07, 6.45) is 8.36. The minimum atomic E-state index is 0.834. The minimum absolute atomic E-state index is 0.834. The van der Waals surface area contributed by atoms with Crippen LogP contribution >= 0.6 is 0 Å². The predicted molar refractivity (Wildman–Crippen MR) is 54.3 cm³/mol. The van der Waals surface area contributed by atoms with E-state index in [0.29, 0.717) is 0 Å². The monoisotopic (exact) mass is 169 g/mol. The molecule has 0 spiro atoms. The molecule has 1 heterocycles. The number of nitrogens with one attached hydrogen (secondary N) is 1. The fourth-order valence-electron chi connectivity index (χ4n) is 2.33. The van der Waals surface area contributed by atoms with Gasteiger partial charge in [0.05, 0.1) is 0 Å². The van der Waals surface area contributed by atoms with E-state index in [-0.39, 0.29) is 0 Å². The Morgan fingerprint density at radius 3 is 2.58 bits per heavy atom. The molecule has 0 aromatic carbocycles. The van der Waals surface area contributed by atoms with E-state index in [2.05, 4.69) is 19.2 Å². The summed E-state index contributed by atoms with van der Waals surface area (Å²) >= 11 is 0. The van der Waals surface area contributed by atoms with Gasteiger partial charge >= 0.3 is 0 Å². The third-order valence-corrected chi connectivity index (χ3v) is 2.94. The van der Waals surface area contributed by atoms with Gasteiger partial charge in [-0.2, -0.15) is 0 Å². The first-order chi connectivity index (χ1) is 5.86. The van der Waals surface area contributed by atoms with Gasteiger partial charge in [0.2, 0.25) is 0 Å². The van der Waals surface area contributed by atoms with E-state index in [1.165, 1.54) is 45.1 Å². The number of hydrogen-bond acceptors (Lipinski definition) is 1. The van der Waals surface area contributed by atoms with E-state index < -0.39 is 0 Å². The second-order valence-electron chi connectivity index (χ2n) is 4.12. The molecule has 1 fully saturated rings. The van der Waals surface area contributed by atoms with E-state index in [1.54, 1.807) is 0 Å². The van der Waals surface area contributed by atoms with Crippen LogP contribution in [0.25, 0.3) is 0 Å². The minimum Gasteiger partial charge on any atom is -0.314 e. The Morgan fingerprint density at radius 1 is 1.17 bits per heavy atom. The van der Waals surface area contributed by atoms with Gasteiger partial charge in [0, 0.05) is 6.04 Å². The fourth-order valence-corrected chi connectivity index (χ4v) is 2.33. The number of rotatable bonds is 4. The molecule has 0 saturated carbocycles. The van der Waals surface area contributed by atoms with E-state index in [4.69, 9.17) is 0 Å². The molecule has 0 aromatic rings. The van der Waals surface area contributed by atoms with Crippen molar-refractivity contribution in [3.05, 3.63) is 0 Å². The molecule has 1 heteroatoms. The summed E-state index contributed by atoms with van der Waals surface area (Å²) in [6, 6.07) is 0.834. The van der Waals surface area contributed by atoms with Crippen molar-refractivity contribution in [2.24, 2.45) is 5.92 Å². The molecule has 12 heavy (non-hydrogen) atoms. The molecule has 0 aromatic heterocycles. The summed E-state index contributed by atoms with van der Waals surface area (Å²) in [5.41, 5.74) is 0. The summed E-state index contributed by atoms with van der Waals surface area (Å²) in [5, 5.41) is 3.61.